The molecule has 6 nitrogen and oxygen atoms in total. The molecule has 0 fully saturated rings. The number of nitrogens with zero attached hydrogens (tertiary/aromatic N) is 1. The second-order valence-electron chi connectivity index (χ2n) is 5.80. The minimum Gasteiger partial charge on any atom is -0.489 e. The number of thiazole rings is 1. The average molecular weight is 414 g/mol. The summed E-state index contributed by atoms with van der Waals surface area (Å²) in [5.41, 5.74) is 1.25. The van der Waals surface area contributed by atoms with Crippen molar-refractivity contribution in [2.75, 3.05) is 17.2 Å². The van der Waals surface area contributed by atoms with Crippen molar-refractivity contribution in [1.82, 2.24) is 4.98 Å². The number of thiophene rings is 1. The van der Waals surface area contributed by atoms with Gasteiger partial charge in [0.2, 0.25) is 11.8 Å². The summed E-state index contributed by atoms with van der Waals surface area (Å²) in [5, 5.41) is 9.78. The lowest BCUT2D eigenvalue weighted by Gasteiger charge is -2.07. The van der Waals surface area contributed by atoms with Gasteiger partial charge in [-0.2, -0.15) is 0 Å². The van der Waals surface area contributed by atoms with Crippen LogP contribution in [0.2, 0.25) is 0 Å². The second-order valence-corrected chi connectivity index (χ2v) is 7.69. The molecule has 1 aromatic carbocycles. The van der Waals surface area contributed by atoms with E-state index in [9.17, 15) is 9.59 Å². The highest BCUT2D eigenvalue weighted by Gasteiger charge is 2.11. The molecule has 0 aliphatic heterocycles. The Hall–Kier alpha value is -2.97. The fourth-order valence-corrected chi connectivity index (χ4v) is 3.80. The number of rotatable bonds is 9. The van der Waals surface area contributed by atoms with Gasteiger partial charge in [0.05, 0.1) is 18.5 Å². The standard InChI is InChI=1S/C20H19N3O3S2/c1-2-8-26-16-6-3-5-14(10-16)21-18(24)11-15-13-28-20(22-15)23-19(25)12-17-7-4-9-27-17/h2-7,9-10,13H,1,8,11-12H2,(H,21,24)(H,22,23,25). The molecular weight excluding hydrogens is 394 g/mol. The van der Waals surface area contributed by atoms with Crippen molar-refractivity contribution in [3.63, 3.8) is 0 Å². The van der Waals surface area contributed by atoms with Crippen LogP contribution in [0.5, 0.6) is 5.75 Å². The van der Waals surface area contributed by atoms with Crippen molar-refractivity contribution < 1.29 is 14.3 Å². The van der Waals surface area contributed by atoms with Crippen molar-refractivity contribution in [1.29, 1.82) is 0 Å². The number of carbonyl (C=O) groups is 2. The number of hydrogen-bond donors (Lipinski definition) is 2. The maximum Gasteiger partial charge on any atom is 0.231 e. The van der Waals surface area contributed by atoms with Gasteiger partial charge in [-0.05, 0) is 23.6 Å². The van der Waals surface area contributed by atoms with Crippen LogP contribution in [0.4, 0.5) is 10.8 Å². The lowest BCUT2D eigenvalue weighted by Crippen LogP contribution is -2.15. The van der Waals surface area contributed by atoms with Crippen LogP contribution in [0.25, 0.3) is 0 Å². The van der Waals surface area contributed by atoms with Crippen molar-refractivity contribution in [2.24, 2.45) is 0 Å². The highest BCUT2D eigenvalue weighted by molar-refractivity contribution is 7.14. The summed E-state index contributed by atoms with van der Waals surface area (Å²) in [4.78, 5) is 29.6. The van der Waals surface area contributed by atoms with Gasteiger partial charge >= 0.3 is 0 Å². The number of amides is 2. The topological polar surface area (TPSA) is 80.3 Å². The molecule has 0 saturated carbocycles. The van der Waals surface area contributed by atoms with Crippen LogP contribution in [-0.4, -0.2) is 23.4 Å². The third-order valence-corrected chi connectivity index (χ3v) is 5.22. The summed E-state index contributed by atoms with van der Waals surface area (Å²) in [5.74, 6) is 0.342. The van der Waals surface area contributed by atoms with E-state index < -0.39 is 0 Å². The van der Waals surface area contributed by atoms with Gasteiger partial charge in [0.1, 0.15) is 12.4 Å². The molecule has 0 unspecified atom stereocenters. The van der Waals surface area contributed by atoms with Gasteiger partial charge in [-0.1, -0.05) is 24.8 Å². The highest BCUT2D eigenvalue weighted by Crippen LogP contribution is 2.19. The molecule has 2 heterocycles. The Bertz CT molecular complexity index is 951. The van der Waals surface area contributed by atoms with Gasteiger partial charge in [-0.25, -0.2) is 4.98 Å². The van der Waals surface area contributed by atoms with Gasteiger partial charge in [0.15, 0.2) is 5.13 Å². The SMILES string of the molecule is C=CCOc1cccc(NC(=O)Cc2csc(NC(=O)Cc3cccs3)n2)c1. The van der Waals surface area contributed by atoms with Gasteiger partial charge in [-0.3, -0.25) is 9.59 Å². The lowest BCUT2D eigenvalue weighted by atomic mass is 10.2. The monoisotopic (exact) mass is 413 g/mol. The molecule has 2 amide bonds. The van der Waals surface area contributed by atoms with E-state index in [-0.39, 0.29) is 18.2 Å². The van der Waals surface area contributed by atoms with Crippen LogP contribution in [0, 0.1) is 0 Å². The normalized spacial score (nSPS) is 10.3. The lowest BCUT2D eigenvalue weighted by molar-refractivity contribution is -0.116. The van der Waals surface area contributed by atoms with Crippen LogP contribution in [0.1, 0.15) is 10.6 Å². The molecule has 2 aromatic heterocycles. The molecule has 0 radical (unpaired) electrons. The predicted molar refractivity (Wildman–Crippen MR) is 113 cm³/mol. The van der Waals surface area contributed by atoms with Crippen LogP contribution in [-0.2, 0) is 22.4 Å². The number of ether oxygens (including phenoxy) is 1. The number of nitrogens with one attached hydrogen (secondary N) is 2. The Balaban J connectivity index is 1.51. The van der Waals surface area contributed by atoms with Gasteiger partial charge < -0.3 is 15.4 Å². The Kier molecular flexibility index (Phi) is 6.94. The van der Waals surface area contributed by atoms with E-state index in [1.165, 1.54) is 22.7 Å². The summed E-state index contributed by atoms with van der Waals surface area (Å²) < 4.78 is 5.45. The Morgan fingerprint density at radius 2 is 1.96 bits per heavy atom. The molecule has 8 heteroatoms. The predicted octanol–water partition coefficient (Wildman–Crippen LogP) is 4.13. The van der Waals surface area contributed by atoms with Crippen LogP contribution in [0.15, 0.2) is 59.8 Å². The Labute approximate surface area is 170 Å². The number of carbonyl (C=O) groups excluding carboxylic acids is 2. The molecule has 0 aliphatic carbocycles. The second kappa shape index (κ2) is 9.82. The van der Waals surface area contributed by atoms with Crippen molar-refractivity contribution in [3.8, 4) is 5.75 Å². The molecule has 2 N–H and O–H groups in total. The van der Waals surface area contributed by atoms with Gasteiger partial charge in [0, 0.05) is 22.0 Å². The minimum absolute atomic E-state index is 0.120. The zero-order valence-corrected chi connectivity index (χ0v) is 16.6. The third-order valence-electron chi connectivity index (χ3n) is 3.54. The molecule has 28 heavy (non-hydrogen) atoms. The number of anilines is 2. The number of aromatic nitrogens is 1. The van der Waals surface area contributed by atoms with Crippen LogP contribution >= 0.6 is 22.7 Å². The van der Waals surface area contributed by atoms with Crippen LogP contribution in [0.3, 0.4) is 0 Å². The summed E-state index contributed by atoms with van der Waals surface area (Å²) in [6, 6.07) is 11.0. The van der Waals surface area contributed by atoms with E-state index >= 15 is 0 Å². The largest absolute Gasteiger partial charge is 0.489 e. The van der Waals surface area contributed by atoms with Gasteiger partial charge in [-0.15, -0.1) is 22.7 Å². The van der Waals surface area contributed by atoms with E-state index in [1.54, 1.807) is 29.7 Å². The zero-order valence-electron chi connectivity index (χ0n) is 15.0. The van der Waals surface area contributed by atoms with E-state index in [2.05, 4.69) is 22.2 Å². The van der Waals surface area contributed by atoms with Crippen molar-refractivity contribution in [3.05, 3.63) is 70.4 Å². The minimum atomic E-state index is -0.192. The first-order valence-corrected chi connectivity index (χ1v) is 10.3. The fourth-order valence-electron chi connectivity index (χ4n) is 2.37. The quantitative estimate of drug-likeness (QED) is 0.517. The molecular formula is C20H19N3O3S2. The Morgan fingerprint density at radius 3 is 2.75 bits per heavy atom. The number of hydrogen-bond acceptors (Lipinski definition) is 6. The summed E-state index contributed by atoms with van der Waals surface area (Å²) >= 11 is 2.84. The molecule has 0 saturated heterocycles. The summed E-state index contributed by atoms with van der Waals surface area (Å²) in [7, 11) is 0. The molecule has 0 bridgehead atoms. The molecule has 0 atom stereocenters. The first kappa shape index (κ1) is 19.8. The molecule has 0 aliphatic rings. The molecule has 144 valence electrons. The third kappa shape index (κ3) is 6.04. The Morgan fingerprint density at radius 1 is 1.11 bits per heavy atom. The summed E-state index contributed by atoms with van der Waals surface area (Å²) in [6.07, 6.45) is 2.09. The molecule has 3 aromatic rings. The van der Waals surface area contributed by atoms with E-state index in [0.717, 1.165) is 4.88 Å². The maximum absolute atomic E-state index is 12.3. The number of benzene rings is 1. The van der Waals surface area contributed by atoms with Crippen molar-refractivity contribution in [2.45, 2.75) is 12.8 Å². The first-order chi connectivity index (χ1) is 13.6. The first-order valence-electron chi connectivity index (χ1n) is 8.52. The van der Waals surface area contributed by atoms with E-state index in [4.69, 9.17) is 4.74 Å². The molecule has 3 rings (SSSR count). The maximum atomic E-state index is 12.3. The van der Waals surface area contributed by atoms with E-state index in [1.807, 2.05) is 23.6 Å². The smallest absolute Gasteiger partial charge is 0.231 e. The average Bonchev–Trinajstić information content (AvgIpc) is 3.32. The molecule has 0 spiro atoms. The zero-order chi connectivity index (χ0) is 19.8. The van der Waals surface area contributed by atoms with Crippen LogP contribution < -0.4 is 15.4 Å². The summed E-state index contributed by atoms with van der Waals surface area (Å²) in [6.45, 7) is 4.01. The van der Waals surface area contributed by atoms with E-state index in [0.29, 0.717) is 35.3 Å². The fraction of sp³-hybridized carbons (Fsp3) is 0.150. The van der Waals surface area contributed by atoms with Crippen molar-refractivity contribution >= 4 is 45.3 Å². The highest BCUT2D eigenvalue weighted by atomic mass is 32.1. The van der Waals surface area contributed by atoms with Gasteiger partial charge in [0.25, 0.3) is 0 Å².